The molecule has 5 rings (SSSR count). The number of aromatic nitrogens is 2. The maximum Gasteiger partial charge on any atom is 0.0708 e. The summed E-state index contributed by atoms with van der Waals surface area (Å²) in [6.07, 6.45) is 7.26. The lowest BCUT2D eigenvalue weighted by molar-refractivity contribution is 0.167. The minimum atomic E-state index is -0.149. The molecule has 202 valence electrons. The van der Waals surface area contributed by atoms with Crippen molar-refractivity contribution in [3.05, 3.63) is 108 Å². The second-order valence-electron chi connectivity index (χ2n) is 12.8. The smallest absolute Gasteiger partial charge is 0.0708 e. The average Bonchev–Trinajstić information content (AvgIpc) is 2.93. The van der Waals surface area contributed by atoms with Gasteiger partial charge in [0.25, 0.3) is 0 Å². The molecule has 0 bridgehead atoms. The van der Waals surface area contributed by atoms with E-state index in [0.717, 1.165) is 43.6 Å². The molecule has 1 atom stereocenters. The molecule has 1 aliphatic rings. The van der Waals surface area contributed by atoms with Crippen LogP contribution >= 0.6 is 0 Å². The zero-order chi connectivity index (χ0) is 27.8. The number of piperidine rings is 1. The van der Waals surface area contributed by atoms with Gasteiger partial charge >= 0.3 is 0 Å². The third kappa shape index (κ3) is 5.37. The fourth-order valence-corrected chi connectivity index (χ4v) is 6.73. The van der Waals surface area contributed by atoms with E-state index in [4.69, 9.17) is 4.98 Å². The quantitative estimate of drug-likeness (QED) is 0.256. The molecule has 0 saturated carbocycles. The molecule has 39 heavy (non-hydrogen) atoms. The fraction of sp³-hybridized carbons (Fsp3) is 0.389. The minimum absolute atomic E-state index is 0.149. The van der Waals surface area contributed by atoms with Gasteiger partial charge in [0, 0.05) is 53.2 Å². The molecular weight excluding hydrogens is 474 g/mol. The van der Waals surface area contributed by atoms with Gasteiger partial charge in [0.1, 0.15) is 0 Å². The Morgan fingerprint density at radius 2 is 1.64 bits per heavy atom. The van der Waals surface area contributed by atoms with Crippen molar-refractivity contribution in [1.29, 1.82) is 0 Å². The molecule has 0 radical (unpaired) electrons. The van der Waals surface area contributed by atoms with E-state index < -0.39 is 0 Å². The number of allylic oxidation sites excluding steroid dienone is 1. The third-order valence-electron chi connectivity index (χ3n) is 8.84. The molecule has 0 aliphatic carbocycles. The number of rotatable bonds is 6. The van der Waals surface area contributed by atoms with Crippen LogP contribution in [0, 0.1) is 25.2 Å². The van der Waals surface area contributed by atoms with Crippen LogP contribution in [0.4, 0.5) is 0 Å². The van der Waals surface area contributed by atoms with Gasteiger partial charge in [-0.05, 0) is 84.9 Å². The van der Waals surface area contributed by atoms with E-state index in [0.29, 0.717) is 5.92 Å². The number of hydrogen-bond donors (Lipinski definition) is 0. The van der Waals surface area contributed by atoms with Crippen LogP contribution in [-0.2, 0) is 5.41 Å². The highest BCUT2D eigenvalue weighted by atomic mass is 15.1. The van der Waals surface area contributed by atoms with E-state index >= 15 is 0 Å². The molecule has 0 amide bonds. The van der Waals surface area contributed by atoms with E-state index in [1.807, 2.05) is 6.20 Å². The standard InChI is InChI=1S/C36H43N3/c1-25(23-35(4,5)6)39-20-17-29(18-21-39)36(7,31-14-11-19-37-24-31)30-15-16-33-32(22-30)26(2)34(27(3)38-33)28-12-9-8-10-13-28/h8-16,19,22,24,29H,1,17-18,20-21,23H2,2-7H3. The summed E-state index contributed by atoms with van der Waals surface area (Å²) in [6, 6.07) is 22.0. The summed E-state index contributed by atoms with van der Waals surface area (Å²) in [6.45, 7) is 20.3. The second kappa shape index (κ2) is 10.6. The van der Waals surface area contributed by atoms with Crippen molar-refractivity contribution in [1.82, 2.24) is 14.9 Å². The molecule has 1 saturated heterocycles. The summed E-state index contributed by atoms with van der Waals surface area (Å²) < 4.78 is 0. The number of aryl methyl sites for hydroxylation is 2. The maximum atomic E-state index is 5.05. The lowest BCUT2D eigenvalue weighted by Crippen LogP contribution is -2.42. The van der Waals surface area contributed by atoms with Gasteiger partial charge in [0.15, 0.2) is 0 Å². The van der Waals surface area contributed by atoms with E-state index in [-0.39, 0.29) is 10.8 Å². The first-order chi connectivity index (χ1) is 18.6. The molecule has 1 aliphatic heterocycles. The predicted molar refractivity (Wildman–Crippen MR) is 165 cm³/mol. The summed E-state index contributed by atoms with van der Waals surface area (Å²) in [5, 5.41) is 1.24. The Balaban J connectivity index is 1.55. The van der Waals surface area contributed by atoms with Crippen molar-refractivity contribution < 1.29 is 0 Å². The fourth-order valence-electron chi connectivity index (χ4n) is 6.73. The normalized spacial score (nSPS) is 16.3. The van der Waals surface area contributed by atoms with Crippen LogP contribution in [0.5, 0.6) is 0 Å². The Morgan fingerprint density at radius 3 is 2.28 bits per heavy atom. The largest absolute Gasteiger partial charge is 0.375 e. The van der Waals surface area contributed by atoms with Gasteiger partial charge in [0.2, 0.25) is 0 Å². The van der Waals surface area contributed by atoms with Gasteiger partial charge in [-0.15, -0.1) is 0 Å². The van der Waals surface area contributed by atoms with Crippen molar-refractivity contribution in [2.45, 2.75) is 66.2 Å². The predicted octanol–water partition coefficient (Wildman–Crippen LogP) is 8.88. The Bertz CT molecular complexity index is 1460. The molecule has 3 heteroatoms. The monoisotopic (exact) mass is 517 g/mol. The Hall–Kier alpha value is -3.46. The van der Waals surface area contributed by atoms with Crippen LogP contribution in [-0.4, -0.2) is 28.0 Å². The number of hydrogen-bond acceptors (Lipinski definition) is 3. The number of likely N-dealkylation sites (tertiary alicyclic amines) is 1. The molecule has 3 heterocycles. The Kier molecular flexibility index (Phi) is 7.37. The maximum absolute atomic E-state index is 5.05. The van der Waals surface area contributed by atoms with Crippen molar-refractivity contribution in [3.63, 3.8) is 0 Å². The first-order valence-corrected chi connectivity index (χ1v) is 14.4. The molecule has 3 nitrogen and oxygen atoms in total. The van der Waals surface area contributed by atoms with Crippen molar-refractivity contribution in [2.75, 3.05) is 13.1 Å². The van der Waals surface area contributed by atoms with Gasteiger partial charge in [0.05, 0.1) is 5.52 Å². The summed E-state index contributed by atoms with van der Waals surface area (Å²) in [5.41, 5.74) is 9.94. The van der Waals surface area contributed by atoms with Gasteiger partial charge in [-0.2, -0.15) is 0 Å². The molecule has 2 aromatic carbocycles. The molecule has 0 spiro atoms. The highest BCUT2D eigenvalue weighted by Crippen LogP contribution is 2.45. The minimum Gasteiger partial charge on any atom is -0.375 e. The van der Waals surface area contributed by atoms with Crippen LogP contribution in [0.3, 0.4) is 0 Å². The first-order valence-electron chi connectivity index (χ1n) is 14.4. The van der Waals surface area contributed by atoms with Crippen LogP contribution < -0.4 is 0 Å². The van der Waals surface area contributed by atoms with Gasteiger partial charge in [-0.1, -0.05) is 76.7 Å². The number of fused-ring (bicyclic) bond motifs is 1. The van der Waals surface area contributed by atoms with Crippen LogP contribution in [0.1, 0.15) is 69.3 Å². The molecule has 4 aromatic rings. The van der Waals surface area contributed by atoms with Gasteiger partial charge in [-0.25, -0.2) is 0 Å². The number of pyridine rings is 2. The molecule has 1 fully saturated rings. The highest BCUT2D eigenvalue weighted by Gasteiger charge is 2.40. The zero-order valence-electron chi connectivity index (χ0n) is 24.6. The van der Waals surface area contributed by atoms with E-state index in [2.05, 4.69) is 125 Å². The van der Waals surface area contributed by atoms with Crippen LogP contribution in [0.25, 0.3) is 22.0 Å². The first kappa shape index (κ1) is 27.1. The SMILES string of the molecule is C=C(CC(C)(C)C)N1CCC(C(C)(c2cccnc2)c2ccc3nc(C)c(-c4ccccc4)c(C)c3c2)CC1. The van der Waals surface area contributed by atoms with E-state index in [9.17, 15) is 0 Å². The van der Waals surface area contributed by atoms with E-state index in [1.54, 1.807) is 0 Å². The molecule has 2 aromatic heterocycles. The van der Waals surface area contributed by atoms with Crippen LogP contribution in [0.2, 0.25) is 0 Å². The van der Waals surface area contributed by atoms with Gasteiger partial charge in [-0.3, -0.25) is 9.97 Å². The summed E-state index contributed by atoms with van der Waals surface area (Å²) in [4.78, 5) is 12.1. The topological polar surface area (TPSA) is 29.0 Å². The number of benzene rings is 2. The summed E-state index contributed by atoms with van der Waals surface area (Å²) in [7, 11) is 0. The van der Waals surface area contributed by atoms with E-state index in [1.165, 1.54) is 38.9 Å². The highest BCUT2D eigenvalue weighted by molar-refractivity contribution is 5.90. The Labute approximate surface area is 235 Å². The van der Waals surface area contributed by atoms with Crippen molar-refractivity contribution >= 4 is 10.9 Å². The average molecular weight is 518 g/mol. The summed E-state index contributed by atoms with van der Waals surface area (Å²) >= 11 is 0. The summed E-state index contributed by atoms with van der Waals surface area (Å²) in [5.74, 6) is 0.505. The van der Waals surface area contributed by atoms with Gasteiger partial charge < -0.3 is 4.90 Å². The van der Waals surface area contributed by atoms with Crippen molar-refractivity contribution in [3.8, 4) is 11.1 Å². The number of nitrogens with zero attached hydrogens (tertiary/aromatic N) is 3. The zero-order valence-corrected chi connectivity index (χ0v) is 24.6. The molecule has 1 unspecified atom stereocenters. The van der Waals surface area contributed by atoms with Crippen LogP contribution in [0.15, 0.2) is 85.3 Å². The molecule has 0 N–H and O–H groups in total. The lowest BCUT2D eigenvalue weighted by atomic mass is 9.64. The van der Waals surface area contributed by atoms with Crippen molar-refractivity contribution in [2.24, 2.45) is 11.3 Å². The molecular formula is C36H43N3. The Morgan fingerprint density at radius 1 is 0.923 bits per heavy atom. The lowest BCUT2D eigenvalue weighted by Gasteiger charge is -2.45. The third-order valence-corrected chi connectivity index (χ3v) is 8.84. The second-order valence-corrected chi connectivity index (χ2v) is 12.8.